The van der Waals surface area contributed by atoms with Crippen LogP contribution in [0.2, 0.25) is 5.02 Å². The number of esters is 1. The van der Waals surface area contributed by atoms with Gasteiger partial charge in [-0.1, -0.05) is 48.0 Å². The standard InChI is InChI=1S/C28H29ClFN3O5/c1-38-28(37)23(13-19-11-12-31-26(19)35)32-27(36)24-14-20(17-5-3-2-4-6-17)16-33(24)25(34)10-8-18-7-9-21(29)15-22(18)30/h2-10,15,19-20,23-24H,11-14,16H2,1H3,(H,31,35)(H,32,36)/b10-8+/t19?,20-,23?,24+/m1/s1. The molecule has 4 rings (SSSR count). The van der Waals surface area contributed by atoms with Crippen LogP contribution in [0.3, 0.4) is 0 Å². The first kappa shape index (κ1) is 27.3. The number of rotatable bonds is 8. The molecular weight excluding hydrogens is 513 g/mol. The highest BCUT2D eigenvalue weighted by atomic mass is 35.5. The number of hydrogen-bond donors (Lipinski definition) is 2. The first-order valence-electron chi connectivity index (χ1n) is 12.4. The van der Waals surface area contributed by atoms with Crippen molar-refractivity contribution >= 4 is 41.4 Å². The zero-order chi connectivity index (χ0) is 27.2. The van der Waals surface area contributed by atoms with Crippen molar-refractivity contribution in [2.24, 2.45) is 5.92 Å². The van der Waals surface area contributed by atoms with Gasteiger partial charge < -0.3 is 20.3 Å². The highest BCUT2D eigenvalue weighted by Crippen LogP contribution is 2.32. The summed E-state index contributed by atoms with van der Waals surface area (Å²) in [7, 11) is 1.22. The minimum atomic E-state index is -1.03. The Morgan fingerprint density at radius 2 is 2.00 bits per heavy atom. The summed E-state index contributed by atoms with van der Waals surface area (Å²) in [5.74, 6) is -2.93. The third-order valence-corrected chi connectivity index (χ3v) is 7.25. The molecule has 2 aromatic carbocycles. The molecule has 0 aliphatic carbocycles. The van der Waals surface area contributed by atoms with Gasteiger partial charge in [0.2, 0.25) is 17.7 Å². The molecule has 0 spiro atoms. The van der Waals surface area contributed by atoms with Crippen LogP contribution < -0.4 is 10.6 Å². The summed E-state index contributed by atoms with van der Waals surface area (Å²) in [4.78, 5) is 52.7. The van der Waals surface area contributed by atoms with Gasteiger partial charge in [0.1, 0.15) is 17.9 Å². The maximum atomic E-state index is 14.2. The predicted molar refractivity (Wildman–Crippen MR) is 139 cm³/mol. The van der Waals surface area contributed by atoms with Crippen LogP contribution in [0.5, 0.6) is 0 Å². The zero-order valence-corrected chi connectivity index (χ0v) is 21.6. The molecular formula is C28H29ClFN3O5. The fourth-order valence-corrected chi connectivity index (χ4v) is 5.13. The van der Waals surface area contributed by atoms with E-state index in [1.54, 1.807) is 0 Å². The Morgan fingerprint density at radius 1 is 1.24 bits per heavy atom. The molecule has 0 aromatic heterocycles. The van der Waals surface area contributed by atoms with E-state index in [4.69, 9.17) is 16.3 Å². The molecule has 2 unspecified atom stereocenters. The molecule has 2 fully saturated rings. The molecule has 2 aliphatic heterocycles. The van der Waals surface area contributed by atoms with E-state index in [0.29, 0.717) is 19.4 Å². The SMILES string of the molecule is COC(=O)C(CC1CCNC1=O)NC(=O)[C@@H]1C[C@@H](c2ccccc2)CN1C(=O)/C=C/c1ccc(Cl)cc1F. The van der Waals surface area contributed by atoms with Crippen molar-refractivity contribution in [1.29, 1.82) is 0 Å². The van der Waals surface area contributed by atoms with E-state index in [9.17, 15) is 23.6 Å². The average Bonchev–Trinajstić information content (AvgIpc) is 3.54. The Morgan fingerprint density at radius 3 is 2.66 bits per heavy atom. The summed E-state index contributed by atoms with van der Waals surface area (Å²) in [6, 6.07) is 11.7. The van der Waals surface area contributed by atoms with Crippen LogP contribution in [-0.2, 0) is 23.9 Å². The summed E-state index contributed by atoms with van der Waals surface area (Å²) >= 11 is 5.81. The molecule has 2 saturated heterocycles. The second-order valence-corrected chi connectivity index (χ2v) is 9.88. The van der Waals surface area contributed by atoms with Crippen molar-refractivity contribution in [3.63, 3.8) is 0 Å². The van der Waals surface area contributed by atoms with Crippen molar-refractivity contribution < 1.29 is 28.3 Å². The van der Waals surface area contributed by atoms with Crippen molar-refractivity contribution in [2.75, 3.05) is 20.2 Å². The van der Waals surface area contributed by atoms with E-state index in [1.165, 1.54) is 36.3 Å². The van der Waals surface area contributed by atoms with Gasteiger partial charge in [0.25, 0.3) is 0 Å². The van der Waals surface area contributed by atoms with Gasteiger partial charge in [0.15, 0.2) is 0 Å². The second-order valence-electron chi connectivity index (χ2n) is 9.45. The molecule has 0 saturated carbocycles. The maximum Gasteiger partial charge on any atom is 0.328 e. The minimum Gasteiger partial charge on any atom is -0.467 e. The van der Waals surface area contributed by atoms with Gasteiger partial charge in [-0.25, -0.2) is 9.18 Å². The van der Waals surface area contributed by atoms with E-state index in [2.05, 4.69) is 10.6 Å². The van der Waals surface area contributed by atoms with Crippen molar-refractivity contribution in [2.45, 2.75) is 37.3 Å². The van der Waals surface area contributed by atoms with Crippen LogP contribution in [0.15, 0.2) is 54.6 Å². The van der Waals surface area contributed by atoms with Crippen LogP contribution >= 0.6 is 11.6 Å². The molecule has 4 atom stereocenters. The number of hydrogen-bond acceptors (Lipinski definition) is 5. The molecule has 8 nitrogen and oxygen atoms in total. The highest BCUT2D eigenvalue weighted by Gasteiger charge is 2.41. The molecule has 2 aliphatic rings. The summed E-state index contributed by atoms with van der Waals surface area (Å²) in [6.45, 7) is 0.776. The molecule has 2 heterocycles. The molecule has 38 heavy (non-hydrogen) atoms. The molecule has 3 amide bonds. The summed E-state index contributed by atoms with van der Waals surface area (Å²) in [6.07, 6.45) is 3.55. The van der Waals surface area contributed by atoms with E-state index in [0.717, 1.165) is 11.6 Å². The van der Waals surface area contributed by atoms with Crippen LogP contribution in [0.4, 0.5) is 4.39 Å². The third-order valence-electron chi connectivity index (χ3n) is 7.01. The fraction of sp³-hybridized carbons (Fsp3) is 0.357. The lowest BCUT2D eigenvalue weighted by Gasteiger charge is -2.25. The number of nitrogens with zero attached hydrogens (tertiary/aromatic N) is 1. The van der Waals surface area contributed by atoms with E-state index < -0.39 is 41.6 Å². The summed E-state index contributed by atoms with van der Waals surface area (Å²) in [5.41, 5.74) is 1.16. The third kappa shape index (κ3) is 6.39. The van der Waals surface area contributed by atoms with Crippen LogP contribution in [0, 0.1) is 11.7 Å². The van der Waals surface area contributed by atoms with E-state index >= 15 is 0 Å². The van der Waals surface area contributed by atoms with Gasteiger partial charge in [-0.15, -0.1) is 0 Å². The number of amides is 3. The smallest absolute Gasteiger partial charge is 0.328 e. The number of benzene rings is 2. The Kier molecular flexibility index (Phi) is 8.78. The minimum absolute atomic E-state index is 0.1000. The first-order valence-corrected chi connectivity index (χ1v) is 12.8. The number of nitrogens with one attached hydrogen (secondary N) is 2. The van der Waals surface area contributed by atoms with Crippen LogP contribution in [0.25, 0.3) is 6.08 Å². The normalized spacial score (nSPS) is 21.8. The van der Waals surface area contributed by atoms with Gasteiger partial charge in [0.05, 0.1) is 7.11 Å². The highest BCUT2D eigenvalue weighted by molar-refractivity contribution is 6.30. The molecule has 10 heteroatoms. The number of carbonyl (C=O) groups is 4. The Balaban J connectivity index is 1.55. The lowest BCUT2D eigenvalue weighted by molar-refractivity contribution is -0.146. The van der Waals surface area contributed by atoms with Gasteiger partial charge in [-0.05, 0) is 43.0 Å². The molecule has 0 bridgehead atoms. The van der Waals surface area contributed by atoms with Crippen LogP contribution in [-0.4, -0.2) is 60.9 Å². The van der Waals surface area contributed by atoms with E-state index in [-0.39, 0.29) is 35.4 Å². The van der Waals surface area contributed by atoms with Gasteiger partial charge >= 0.3 is 5.97 Å². The monoisotopic (exact) mass is 541 g/mol. The topological polar surface area (TPSA) is 105 Å². The zero-order valence-electron chi connectivity index (χ0n) is 20.9. The second kappa shape index (κ2) is 12.2. The predicted octanol–water partition coefficient (Wildman–Crippen LogP) is 3.06. The number of methoxy groups -OCH3 is 1. The number of ether oxygens (including phenoxy) is 1. The Hall–Kier alpha value is -3.72. The Labute approximate surface area is 225 Å². The molecule has 2 aromatic rings. The summed E-state index contributed by atoms with van der Waals surface area (Å²) < 4.78 is 19.1. The lowest BCUT2D eigenvalue weighted by Crippen LogP contribution is -2.51. The lowest BCUT2D eigenvalue weighted by atomic mass is 9.95. The van der Waals surface area contributed by atoms with Crippen molar-refractivity contribution in [3.05, 3.63) is 76.6 Å². The number of likely N-dealkylation sites (tertiary alicyclic amines) is 1. The maximum absolute atomic E-state index is 14.2. The molecule has 200 valence electrons. The first-order chi connectivity index (χ1) is 18.3. The Bertz CT molecular complexity index is 1240. The van der Waals surface area contributed by atoms with Crippen molar-refractivity contribution in [3.8, 4) is 0 Å². The number of halogens is 2. The quantitative estimate of drug-likeness (QED) is 0.395. The molecule has 0 radical (unpaired) electrons. The van der Waals surface area contributed by atoms with E-state index in [1.807, 2.05) is 30.3 Å². The van der Waals surface area contributed by atoms with Crippen LogP contribution in [0.1, 0.15) is 36.3 Å². The largest absolute Gasteiger partial charge is 0.467 e. The number of carbonyl (C=O) groups excluding carboxylic acids is 4. The molecule has 2 N–H and O–H groups in total. The van der Waals surface area contributed by atoms with Gasteiger partial charge in [0, 0.05) is 41.6 Å². The van der Waals surface area contributed by atoms with Crippen molar-refractivity contribution in [1.82, 2.24) is 15.5 Å². The average molecular weight is 542 g/mol. The van der Waals surface area contributed by atoms with Gasteiger partial charge in [-0.3, -0.25) is 14.4 Å². The fourth-order valence-electron chi connectivity index (χ4n) is 4.97. The summed E-state index contributed by atoms with van der Waals surface area (Å²) in [5, 5.41) is 5.68. The van der Waals surface area contributed by atoms with Gasteiger partial charge in [-0.2, -0.15) is 0 Å².